The van der Waals surface area contributed by atoms with Gasteiger partial charge >= 0.3 is 5.97 Å². The average Bonchev–Trinajstić information content (AvgIpc) is 2.68. The molecule has 0 aliphatic heterocycles. The van der Waals surface area contributed by atoms with E-state index < -0.39 is 23.9 Å². The molecule has 1 N–H and O–H groups in total. The van der Waals surface area contributed by atoms with Gasteiger partial charge in [0.05, 0.1) is 11.1 Å². The van der Waals surface area contributed by atoms with E-state index in [-0.39, 0.29) is 5.56 Å². The minimum Gasteiger partial charge on any atom is -0.452 e. The van der Waals surface area contributed by atoms with Crippen molar-refractivity contribution in [1.29, 1.82) is 0 Å². The number of nitrogens with zero attached hydrogens (tertiary/aromatic N) is 2. The fourth-order valence-electron chi connectivity index (χ4n) is 2.70. The molecule has 1 aromatic carbocycles. The summed E-state index contributed by atoms with van der Waals surface area (Å²) in [6, 6.07) is 10.4. The van der Waals surface area contributed by atoms with Crippen LogP contribution < -0.4 is 10.7 Å². The van der Waals surface area contributed by atoms with Gasteiger partial charge in [0.25, 0.3) is 5.91 Å². The highest BCUT2D eigenvalue weighted by molar-refractivity contribution is 9.10. The van der Waals surface area contributed by atoms with Gasteiger partial charge in [0.2, 0.25) is 5.43 Å². The Hall–Kier alpha value is -3.00. The van der Waals surface area contributed by atoms with E-state index in [0.717, 1.165) is 5.69 Å². The van der Waals surface area contributed by atoms with Crippen molar-refractivity contribution in [1.82, 2.24) is 9.55 Å². The summed E-state index contributed by atoms with van der Waals surface area (Å²) in [5.41, 5.74) is 1.24. The first-order valence-electron chi connectivity index (χ1n) is 8.63. The summed E-state index contributed by atoms with van der Waals surface area (Å²) in [5, 5.41) is 2.97. The zero-order valence-corrected chi connectivity index (χ0v) is 16.9. The van der Waals surface area contributed by atoms with Crippen LogP contribution in [-0.2, 0) is 16.1 Å². The quantitative estimate of drug-likeness (QED) is 0.610. The molecule has 0 fully saturated rings. The van der Waals surface area contributed by atoms with Crippen LogP contribution >= 0.6 is 15.9 Å². The van der Waals surface area contributed by atoms with Crippen molar-refractivity contribution in [3.8, 4) is 0 Å². The molecule has 0 spiro atoms. The van der Waals surface area contributed by atoms with Crippen molar-refractivity contribution in [2.75, 3.05) is 11.9 Å². The largest absolute Gasteiger partial charge is 0.452 e. The molecule has 0 aliphatic carbocycles. The summed E-state index contributed by atoms with van der Waals surface area (Å²) >= 11 is 3.32. The first-order chi connectivity index (χ1) is 13.4. The van der Waals surface area contributed by atoms with E-state index in [9.17, 15) is 14.4 Å². The van der Waals surface area contributed by atoms with Crippen LogP contribution in [0.5, 0.6) is 0 Å². The number of amides is 1. The number of pyridine rings is 2. The van der Waals surface area contributed by atoms with E-state index in [1.807, 2.05) is 19.9 Å². The van der Waals surface area contributed by atoms with Crippen LogP contribution in [0, 0.1) is 6.92 Å². The van der Waals surface area contributed by atoms with E-state index >= 15 is 0 Å². The summed E-state index contributed by atoms with van der Waals surface area (Å²) < 4.78 is 7.47. The highest BCUT2D eigenvalue weighted by Crippen LogP contribution is 2.21. The molecule has 144 valence electrons. The number of aromatic nitrogens is 2. The molecule has 1 amide bonds. The van der Waals surface area contributed by atoms with Gasteiger partial charge in [-0.15, -0.1) is 0 Å². The van der Waals surface area contributed by atoms with E-state index in [1.165, 1.54) is 6.20 Å². The number of esters is 1. The number of hydrogen-bond acceptors (Lipinski definition) is 5. The van der Waals surface area contributed by atoms with Gasteiger partial charge in [-0.25, -0.2) is 9.78 Å². The highest BCUT2D eigenvalue weighted by Gasteiger charge is 2.18. The number of para-hydroxylation sites is 1. The summed E-state index contributed by atoms with van der Waals surface area (Å²) in [6.07, 6.45) is 1.42. The second kappa shape index (κ2) is 8.35. The lowest BCUT2D eigenvalue weighted by atomic mass is 10.2. The van der Waals surface area contributed by atoms with Crippen LogP contribution in [0.4, 0.5) is 5.69 Å². The maximum absolute atomic E-state index is 12.7. The van der Waals surface area contributed by atoms with Crippen LogP contribution in [0.1, 0.15) is 23.0 Å². The van der Waals surface area contributed by atoms with Gasteiger partial charge in [-0.2, -0.15) is 0 Å². The number of fused-ring (bicyclic) bond motifs is 1. The van der Waals surface area contributed by atoms with Gasteiger partial charge in [-0.3, -0.25) is 9.59 Å². The lowest BCUT2D eigenvalue weighted by Crippen LogP contribution is -2.25. The monoisotopic (exact) mass is 443 g/mol. The second-order valence-electron chi connectivity index (χ2n) is 6.09. The molecule has 28 heavy (non-hydrogen) atoms. The molecule has 2 heterocycles. The van der Waals surface area contributed by atoms with Crippen molar-refractivity contribution < 1.29 is 14.3 Å². The smallest absolute Gasteiger partial charge is 0.344 e. The first-order valence-corrected chi connectivity index (χ1v) is 9.42. The number of aryl methyl sites for hydroxylation is 2. The lowest BCUT2D eigenvalue weighted by Gasteiger charge is -2.11. The molecule has 2 aromatic heterocycles. The van der Waals surface area contributed by atoms with Gasteiger partial charge < -0.3 is 14.6 Å². The van der Waals surface area contributed by atoms with Crippen LogP contribution in [0.3, 0.4) is 0 Å². The molecule has 0 bridgehead atoms. The fraction of sp³-hybridized carbons (Fsp3) is 0.200. The predicted octanol–water partition coefficient (Wildman–Crippen LogP) is 3.28. The van der Waals surface area contributed by atoms with Crippen LogP contribution in [0.2, 0.25) is 0 Å². The van der Waals surface area contributed by atoms with E-state index in [4.69, 9.17) is 4.74 Å². The maximum Gasteiger partial charge on any atom is 0.344 e. The minimum atomic E-state index is -0.850. The summed E-state index contributed by atoms with van der Waals surface area (Å²) in [4.78, 5) is 41.5. The van der Waals surface area contributed by atoms with Crippen molar-refractivity contribution in [3.63, 3.8) is 0 Å². The number of benzene rings is 1. The van der Waals surface area contributed by atoms with Crippen molar-refractivity contribution >= 4 is 44.5 Å². The summed E-state index contributed by atoms with van der Waals surface area (Å²) in [6.45, 7) is 3.73. The zero-order chi connectivity index (χ0) is 20.3. The first kappa shape index (κ1) is 19.8. The summed E-state index contributed by atoms with van der Waals surface area (Å²) in [7, 11) is 0. The highest BCUT2D eigenvalue weighted by atomic mass is 79.9. The third kappa shape index (κ3) is 4.12. The topological polar surface area (TPSA) is 90.3 Å². The standard InChI is InChI=1S/C20H18BrN3O4/c1-3-24-10-14(18(26)13-9-8-12(2)22-19(13)24)20(27)28-11-17(25)23-16-7-5-4-6-15(16)21/h4-10H,3,11H2,1-2H3,(H,23,25). The molecule has 0 atom stereocenters. The van der Waals surface area contributed by atoms with Gasteiger partial charge in [-0.1, -0.05) is 12.1 Å². The number of nitrogens with one attached hydrogen (secondary N) is 1. The van der Waals surface area contributed by atoms with Crippen molar-refractivity contribution in [2.24, 2.45) is 0 Å². The lowest BCUT2D eigenvalue weighted by molar-refractivity contribution is -0.119. The average molecular weight is 444 g/mol. The van der Waals surface area contributed by atoms with E-state index in [0.29, 0.717) is 27.7 Å². The van der Waals surface area contributed by atoms with Gasteiger partial charge in [0.1, 0.15) is 11.2 Å². The second-order valence-corrected chi connectivity index (χ2v) is 6.94. The van der Waals surface area contributed by atoms with Crippen LogP contribution in [0.25, 0.3) is 11.0 Å². The fourth-order valence-corrected chi connectivity index (χ4v) is 3.09. The molecule has 3 rings (SSSR count). The van der Waals surface area contributed by atoms with Crippen LogP contribution in [-0.4, -0.2) is 28.0 Å². The van der Waals surface area contributed by atoms with Gasteiger partial charge in [0, 0.05) is 22.9 Å². The number of carbonyl (C=O) groups is 2. The Kier molecular flexibility index (Phi) is 5.89. The molecule has 8 heteroatoms. The van der Waals surface area contributed by atoms with Crippen LogP contribution in [0.15, 0.2) is 51.9 Å². The SMILES string of the molecule is CCn1cc(C(=O)OCC(=O)Nc2ccccc2Br)c(=O)c2ccc(C)nc21. The number of halogens is 1. The Morgan fingerprint density at radius 3 is 2.68 bits per heavy atom. The summed E-state index contributed by atoms with van der Waals surface area (Å²) in [5.74, 6) is -1.36. The molecule has 0 saturated heterocycles. The van der Waals surface area contributed by atoms with Gasteiger partial charge in [-0.05, 0) is 54.0 Å². The Labute approximate surface area is 169 Å². The molecule has 0 saturated carbocycles. The van der Waals surface area contributed by atoms with Crippen molar-refractivity contribution in [3.05, 3.63) is 68.5 Å². The van der Waals surface area contributed by atoms with E-state index in [2.05, 4.69) is 26.2 Å². The maximum atomic E-state index is 12.7. The molecule has 7 nitrogen and oxygen atoms in total. The Balaban J connectivity index is 1.79. The molecular formula is C20H18BrN3O4. The van der Waals surface area contributed by atoms with E-state index in [1.54, 1.807) is 34.9 Å². The molecule has 0 radical (unpaired) electrons. The molecule has 3 aromatic rings. The van der Waals surface area contributed by atoms with Crippen molar-refractivity contribution in [2.45, 2.75) is 20.4 Å². The number of rotatable bonds is 5. The molecular weight excluding hydrogens is 426 g/mol. The number of anilines is 1. The third-order valence-corrected chi connectivity index (χ3v) is 4.80. The van der Waals surface area contributed by atoms with Gasteiger partial charge in [0.15, 0.2) is 6.61 Å². The number of hydrogen-bond donors (Lipinski definition) is 1. The Morgan fingerprint density at radius 1 is 1.21 bits per heavy atom. The minimum absolute atomic E-state index is 0.131. The third-order valence-electron chi connectivity index (χ3n) is 4.10. The Bertz CT molecular complexity index is 1120. The normalized spacial score (nSPS) is 10.7. The predicted molar refractivity (Wildman–Crippen MR) is 109 cm³/mol. The molecule has 0 aliphatic rings. The Morgan fingerprint density at radius 2 is 1.96 bits per heavy atom. The zero-order valence-electron chi connectivity index (χ0n) is 15.4. The number of carbonyl (C=O) groups excluding carboxylic acids is 2. The molecule has 0 unspecified atom stereocenters. The number of ether oxygens (including phenoxy) is 1.